The Hall–Kier alpha value is -3.67. The van der Waals surface area contributed by atoms with Crippen LogP contribution in [0.25, 0.3) is 11.4 Å². The van der Waals surface area contributed by atoms with E-state index >= 15 is 0 Å². The van der Waals surface area contributed by atoms with Crippen LogP contribution in [0.4, 0.5) is 8.78 Å². The van der Waals surface area contributed by atoms with E-state index in [1.54, 1.807) is 31.2 Å². The summed E-state index contributed by atoms with van der Waals surface area (Å²) >= 11 is 5.90. The van der Waals surface area contributed by atoms with Gasteiger partial charge in [0.25, 0.3) is 0 Å². The third kappa shape index (κ3) is 5.43. The molecule has 186 valence electrons. The normalized spacial score (nSPS) is 12.6. The molecule has 3 aromatic carbocycles. The molecule has 0 saturated heterocycles. The van der Waals surface area contributed by atoms with E-state index < -0.39 is 33.6 Å². The van der Waals surface area contributed by atoms with Crippen LogP contribution >= 0.6 is 11.6 Å². The molecular weight excluding hydrogens is 514 g/mol. The predicted molar refractivity (Wildman–Crippen MR) is 127 cm³/mol. The van der Waals surface area contributed by atoms with Gasteiger partial charge < -0.3 is 10.3 Å². The Morgan fingerprint density at radius 2 is 1.67 bits per heavy atom. The molecule has 8 nitrogen and oxygen atoms in total. The lowest BCUT2D eigenvalue weighted by molar-refractivity contribution is -0.122. The third-order valence-corrected chi connectivity index (χ3v) is 7.33. The number of aromatic nitrogens is 2. The lowest BCUT2D eigenvalue weighted by atomic mass is 10.0. The minimum atomic E-state index is -4.40. The van der Waals surface area contributed by atoms with Gasteiger partial charge in [0.15, 0.2) is 0 Å². The lowest BCUT2D eigenvalue weighted by Gasteiger charge is -2.29. The van der Waals surface area contributed by atoms with Crippen molar-refractivity contribution in [2.24, 2.45) is 5.73 Å². The molecule has 1 amide bonds. The van der Waals surface area contributed by atoms with E-state index in [1.807, 2.05) is 0 Å². The second-order valence-corrected chi connectivity index (χ2v) is 10.2. The molecule has 2 N–H and O–H groups in total. The molecule has 0 saturated carbocycles. The molecule has 0 aliphatic rings. The molecule has 0 radical (unpaired) electrons. The van der Waals surface area contributed by atoms with Crippen molar-refractivity contribution in [2.45, 2.75) is 24.4 Å². The quantitative estimate of drug-likeness (QED) is 0.359. The van der Waals surface area contributed by atoms with Gasteiger partial charge in [0.2, 0.25) is 27.6 Å². The number of aryl methyl sites for hydroxylation is 1. The average Bonchev–Trinajstić information content (AvgIpc) is 3.25. The highest BCUT2D eigenvalue weighted by atomic mass is 35.5. The summed E-state index contributed by atoms with van der Waals surface area (Å²) in [5, 5.41) is 4.13. The van der Waals surface area contributed by atoms with Crippen LogP contribution in [-0.4, -0.2) is 28.8 Å². The van der Waals surface area contributed by atoms with Crippen LogP contribution in [0.3, 0.4) is 0 Å². The van der Waals surface area contributed by atoms with Gasteiger partial charge in [0.05, 0.1) is 4.90 Å². The largest absolute Gasteiger partial charge is 0.368 e. The lowest BCUT2D eigenvalue weighted by Crippen LogP contribution is -2.41. The van der Waals surface area contributed by atoms with Gasteiger partial charge in [-0.25, -0.2) is 17.2 Å². The van der Waals surface area contributed by atoms with Crippen LogP contribution in [0.5, 0.6) is 0 Å². The van der Waals surface area contributed by atoms with Crippen LogP contribution in [0, 0.1) is 18.6 Å². The first-order valence-electron chi connectivity index (χ1n) is 10.5. The molecular formula is C24H19ClF2N4O4S. The van der Waals surface area contributed by atoms with Crippen molar-refractivity contribution >= 4 is 27.5 Å². The molecule has 1 unspecified atom stereocenters. The summed E-state index contributed by atoms with van der Waals surface area (Å²) in [5.74, 6) is -2.37. The second-order valence-electron chi connectivity index (χ2n) is 7.85. The number of carbonyl (C=O) groups excluding carboxylic acids is 1. The van der Waals surface area contributed by atoms with Crippen molar-refractivity contribution < 1.29 is 26.5 Å². The molecule has 1 aromatic heterocycles. The van der Waals surface area contributed by atoms with E-state index in [2.05, 4.69) is 10.1 Å². The van der Waals surface area contributed by atoms with Crippen molar-refractivity contribution in [3.8, 4) is 11.4 Å². The highest BCUT2D eigenvalue weighted by Gasteiger charge is 2.36. The summed E-state index contributed by atoms with van der Waals surface area (Å²) in [7, 11) is -4.40. The van der Waals surface area contributed by atoms with E-state index in [4.69, 9.17) is 21.9 Å². The van der Waals surface area contributed by atoms with Crippen LogP contribution in [0.1, 0.15) is 23.1 Å². The maximum absolute atomic E-state index is 14.0. The third-order valence-electron chi connectivity index (χ3n) is 5.26. The number of nitrogens with two attached hydrogens (primary N) is 1. The number of carbonyl (C=O) groups is 1. The molecule has 12 heteroatoms. The number of hydrogen-bond donors (Lipinski definition) is 1. The maximum atomic E-state index is 14.0. The van der Waals surface area contributed by atoms with Gasteiger partial charge in [-0.05, 0) is 47.5 Å². The van der Waals surface area contributed by atoms with Crippen LogP contribution in [-0.2, 0) is 21.4 Å². The smallest absolute Gasteiger partial charge is 0.244 e. The number of rotatable bonds is 8. The second kappa shape index (κ2) is 10.1. The summed E-state index contributed by atoms with van der Waals surface area (Å²) in [5.41, 5.74) is 6.40. The average molecular weight is 533 g/mol. The van der Waals surface area contributed by atoms with Gasteiger partial charge >= 0.3 is 0 Å². The standard InChI is InChI=1S/C24H19ClF2N4O4S/c1-14-29-24(30-35-14)16-4-2-15(3-5-16)13-31(36(33,34)21-8-6-18(25)7-9-21)22(23(28)32)17-10-19(26)12-20(27)11-17/h2-12,22H,13H2,1H3,(H2,28,32). The molecule has 0 spiro atoms. The first-order chi connectivity index (χ1) is 17.0. The Morgan fingerprint density at radius 1 is 1.06 bits per heavy atom. The Kier molecular flexibility index (Phi) is 7.16. The van der Waals surface area contributed by atoms with E-state index in [9.17, 15) is 22.0 Å². The minimum Gasteiger partial charge on any atom is -0.368 e. The predicted octanol–water partition coefficient (Wildman–Crippen LogP) is 4.39. The van der Waals surface area contributed by atoms with Crippen LogP contribution < -0.4 is 5.73 Å². The van der Waals surface area contributed by atoms with Gasteiger partial charge in [0, 0.05) is 30.1 Å². The van der Waals surface area contributed by atoms with E-state index in [1.165, 1.54) is 24.3 Å². The SMILES string of the molecule is Cc1nc(-c2ccc(CN(C(C(N)=O)c3cc(F)cc(F)c3)S(=O)(=O)c3ccc(Cl)cc3)cc2)no1. The zero-order valence-corrected chi connectivity index (χ0v) is 20.3. The topological polar surface area (TPSA) is 119 Å². The fourth-order valence-electron chi connectivity index (χ4n) is 3.62. The van der Waals surface area contributed by atoms with Crippen molar-refractivity contribution in [2.75, 3.05) is 0 Å². The number of sulfonamides is 1. The van der Waals surface area contributed by atoms with Gasteiger partial charge in [-0.2, -0.15) is 9.29 Å². The minimum absolute atomic E-state index is 0.186. The van der Waals surface area contributed by atoms with Crippen molar-refractivity contribution in [3.63, 3.8) is 0 Å². The number of halogens is 3. The molecule has 0 bridgehead atoms. The number of hydrogen-bond acceptors (Lipinski definition) is 6. The molecule has 4 rings (SSSR count). The van der Waals surface area contributed by atoms with E-state index in [0.29, 0.717) is 33.9 Å². The molecule has 36 heavy (non-hydrogen) atoms. The van der Waals surface area contributed by atoms with E-state index in [0.717, 1.165) is 16.4 Å². The van der Waals surface area contributed by atoms with Gasteiger partial charge in [-0.1, -0.05) is 41.0 Å². The van der Waals surface area contributed by atoms with Crippen LogP contribution in [0.2, 0.25) is 5.02 Å². The van der Waals surface area contributed by atoms with Gasteiger partial charge in [-0.15, -0.1) is 0 Å². The fourth-order valence-corrected chi connectivity index (χ4v) is 5.32. The summed E-state index contributed by atoms with van der Waals surface area (Å²) in [4.78, 5) is 16.5. The van der Waals surface area contributed by atoms with Crippen LogP contribution in [0.15, 0.2) is 76.1 Å². The molecule has 4 aromatic rings. The van der Waals surface area contributed by atoms with Gasteiger partial charge in [0.1, 0.15) is 17.7 Å². The Bertz CT molecular complexity index is 1490. The number of nitrogens with zero attached hydrogens (tertiary/aromatic N) is 3. The molecule has 1 heterocycles. The van der Waals surface area contributed by atoms with E-state index in [-0.39, 0.29) is 17.0 Å². The molecule has 0 fully saturated rings. The number of amides is 1. The first-order valence-corrected chi connectivity index (χ1v) is 12.3. The van der Waals surface area contributed by atoms with Crippen molar-refractivity contribution in [1.82, 2.24) is 14.4 Å². The van der Waals surface area contributed by atoms with Gasteiger partial charge in [-0.3, -0.25) is 4.79 Å². The zero-order chi connectivity index (χ0) is 26.0. The number of benzene rings is 3. The molecule has 0 aliphatic carbocycles. The maximum Gasteiger partial charge on any atom is 0.244 e. The molecule has 1 atom stereocenters. The Balaban J connectivity index is 1.80. The van der Waals surface area contributed by atoms with Crippen molar-refractivity contribution in [1.29, 1.82) is 0 Å². The number of primary amides is 1. The van der Waals surface area contributed by atoms with Crippen molar-refractivity contribution in [3.05, 3.63) is 100 Å². The Morgan fingerprint density at radius 3 is 2.19 bits per heavy atom. The fraction of sp³-hybridized carbons (Fsp3) is 0.125. The summed E-state index contributed by atoms with van der Waals surface area (Å²) < 4.78 is 61.2. The first kappa shape index (κ1) is 25.4. The summed E-state index contributed by atoms with van der Waals surface area (Å²) in [6, 6.07) is 12.4. The monoisotopic (exact) mass is 532 g/mol. The highest BCUT2D eigenvalue weighted by Crippen LogP contribution is 2.31. The summed E-state index contributed by atoms with van der Waals surface area (Å²) in [6.07, 6.45) is 0. The highest BCUT2D eigenvalue weighted by molar-refractivity contribution is 7.89. The molecule has 0 aliphatic heterocycles. The Labute approximate surface area is 210 Å². The summed E-state index contributed by atoms with van der Waals surface area (Å²) in [6.45, 7) is 1.30. The zero-order valence-electron chi connectivity index (χ0n) is 18.7.